The molecule has 1 heterocycles. The number of esters is 1. The normalized spacial score (nSPS) is 11.9. The average Bonchev–Trinajstić information content (AvgIpc) is 3.03. The molecule has 0 atom stereocenters. The predicted octanol–water partition coefficient (Wildman–Crippen LogP) is 4.60. The van der Waals surface area contributed by atoms with Crippen molar-refractivity contribution in [2.45, 2.75) is 12.3 Å². The van der Waals surface area contributed by atoms with Gasteiger partial charge in [-0.15, -0.1) is 11.3 Å². The summed E-state index contributed by atoms with van der Waals surface area (Å²) < 4.78 is 33.3. The van der Waals surface area contributed by atoms with E-state index in [-0.39, 0.29) is 6.61 Å². The molecule has 2 aromatic carbocycles. The maximum absolute atomic E-state index is 13.7. The van der Waals surface area contributed by atoms with E-state index in [1.165, 1.54) is 12.1 Å². The zero-order valence-corrected chi connectivity index (χ0v) is 14.4. The van der Waals surface area contributed by atoms with Crippen LogP contribution in [0.5, 0.6) is 0 Å². The van der Waals surface area contributed by atoms with E-state index in [4.69, 9.17) is 14.5 Å². The number of carbonyl (C=O) groups excluding carboxylic acids is 1. The predicted molar refractivity (Wildman–Crippen MR) is 92.6 cm³/mol. The number of ether oxygens (including phenoxy) is 1. The maximum atomic E-state index is 13.7. The first kappa shape index (κ1) is 17.9. The van der Waals surface area contributed by atoms with Crippen molar-refractivity contribution >= 4 is 35.8 Å². The molecule has 3 rings (SSSR count). The Balaban J connectivity index is 1.80. The van der Waals surface area contributed by atoms with Crippen LogP contribution in [0.2, 0.25) is 0 Å². The van der Waals surface area contributed by atoms with Crippen LogP contribution in [-0.2, 0) is 17.0 Å². The number of fused-ring (bicyclic) bond motifs is 1. The molecule has 0 aliphatic heterocycles. The van der Waals surface area contributed by atoms with Gasteiger partial charge in [-0.3, -0.25) is 0 Å². The van der Waals surface area contributed by atoms with Crippen molar-refractivity contribution in [3.8, 4) is 0 Å². The van der Waals surface area contributed by atoms with Crippen LogP contribution in [0.1, 0.15) is 20.8 Å². The Morgan fingerprint density at radius 2 is 1.84 bits per heavy atom. The molecule has 0 aliphatic carbocycles. The van der Waals surface area contributed by atoms with Crippen molar-refractivity contribution in [2.75, 3.05) is 0 Å². The second-order valence-corrected chi connectivity index (χ2v) is 7.48. The largest absolute Gasteiger partial charge is 0.457 e. The monoisotopic (exact) mass is 382 g/mol. The minimum absolute atomic E-state index is 0.122. The molecular weight excluding hydrogens is 369 g/mol. The third-order valence-electron chi connectivity index (χ3n) is 3.53. The molecule has 0 saturated carbocycles. The Morgan fingerprint density at radius 3 is 2.52 bits per heavy atom. The maximum Gasteiger partial charge on any atom is 0.348 e. The third-order valence-corrected chi connectivity index (χ3v) is 5.39. The van der Waals surface area contributed by atoms with Gasteiger partial charge in [-0.25, -0.2) is 4.79 Å². The summed E-state index contributed by atoms with van der Waals surface area (Å²) in [5.41, 5.74) is -3.38. The second-order valence-electron chi connectivity index (χ2n) is 5.26. The van der Waals surface area contributed by atoms with Gasteiger partial charge in [0.25, 0.3) is 0 Å². The van der Waals surface area contributed by atoms with Crippen molar-refractivity contribution in [2.24, 2.45) is 0 Å². The van der Waals surface area contributed by atoms with Crippen LogP contribution in [0, 0.1) is 0 Å². The van der Waals surface area contributed by atoms with Gasteiger partial charge in [-0.05, 0) is 29.1 Å². The van der Waals surface area contributed by atoms with Gasteiger partial charge < -0.3 is 14.5 Å². The minimum Gasteiger partial charge on any atom is -0.457 e. The van der Waals surface area contributed by atoms with Gasteiger partial charge in [0.05, 0.1) is 0 Å². The van der Waals surface area contributed by atoms with Crippen LogP contribution in [0.25, 0.3) is 10.1 Å². The lowest BCUT2D eigenvalue weighted by Crippen LogP contribution is -2.10. The average molecular weight is 382 g/mol. The molecule has 0 fully saturated rings. The highest BCUT2D eigenvalue weighted by Gasteiger charge is 2.41. The van der Waals surface area contributed by atoms with Crippen LogP contribution < -0.4 is 0 Å². The van der Waals surface area contributed by atoms with Gasteiger partial charge in [0.15, 0.2) is 0 Å². The van der Waals surface area contributed by atoms with E-state index >= 15 is 0 Å². The van der Waals surface area contributed by atoms with Crippen molar-refractivity contribution in [1.29, 1.82) is 0 Å². The third kappa shape index (κ3) is 3.85. The highest BCUT2D eigenvalue weighted by Crippen LogP contribution is 2.53. The first-order valence-corrected chi connectivity index (χ1v) is 9.25. The molecule has 0 amide bonds. The lowest BCUT2D eigenvalue weighted by molar-refractivity contribution is 0.0478. The first-order valence-electron chi connectivity index (χ1n) is 7.19. The lowest BCUT2D eigenvalue weighted by atomic mass is 10.1. The van der Waals surface area contributed by atoms with Gasteiger partial charge in [0.2, 0.25) is 8.38 Å². The molecule has 130 valence electrons. The summed E-state index contributed by atoms with van der Waals surface area (Å²) in [5, 5.41) is 0.422. The fourth-order valence-electron chi connectivity index (χ4n) is 2.24. The van der Waals surface area contributed by atoms with Crippen molar-refractivity contribution in [1.82, 2.24) is 0 Å². The van der Waals surface area contributed by atoms with Crippen LogP contribution in [0.15, 0.2) is 54.6 Å². The van der Waals surface area contributed by atoms with Crippen molar-refractivity contribution in [3.05, 3.63) is 70.6 Å². The first-order chi connectivity index (χ1) is 11.9. The summed E-state index contributed by atoms with van der Waals surface area (Å²) in [7, 11) is -3.43. The van der Waals surface area contributed by atoms with E-state index in [0.29, 0.717) is 15.0 Å². The molecule has 0 unspecified atom stereocenters. The molecule has 25 heavy (non-hydrogen) atoms. The summed E-state index contributed by atoms with van der Waals surface area (Å²) in [5.74, 6) is -0.537. The Morgan fingerprint density at radius 1 is 1.12 bits per heavy atom. The van der Waals surface area contributed by atoms with Crippen LogP contribution in [0.3, 0.4) is 0 Å². The zero-order valence-electron chi connectivity index (χ0n) is 12.7. The number of thiophene rings is 1. The lowest BCUT2D eigenvalue weighted by Gasteiger charge is -2.17. The molecule has 3 aromatic rings. The molecule has 2 N–H and O–H groups in total. The van der Waals surface area contributed by atoms with Crippen LogP contribution >= 0.6 is 19.7 Å². The highest BCUT2D eigenvalue weighted by molar-refractivity contribution is 7.46. The number of halogens is 2. The van der Waals surface area contributed by atoms with Crippen molar-refractivity contribution < 1.29 is 28.1 Å². The quantitative estimate of drug-likeness (QED) is 0.500. The number of alkyl halides is 2. The van der Waals surface area contributed by atoms with Crippen molar-refractivity contribution in [3.63, 3.8) is 0 Å². The zero-order chi connectivity index (χ0) is 18.0. The molecule has 0 saturated heterocycles. The number of hydrogen-bond acceptors (Lipinski definition) is 5. The van der Waals surface area contributed by atoms with E-state index in [9.17, 15) is 13.6 Å². The Hall–Kier alpha value is -1.92. The molecule has 0 radical (unpaired) electrons. The molecule has 0 spiro atoms. The standard InChI is InChI=1S/C17H13F2O4PS/c18-17(19,24(21)22)13-6-7-14-12(8-13)9-15(25-14)16(20)23-10-11-4-2-1-3-5-11/h1-9,21-22H,10H2. The second kappa shape index (κ2) is 7.14. The van der Waals surface area contributed by atoms with Gasteiger partial charge in [0.1, 0.15) is 11.5 Å². The Kier molecular flexibility index (Phi) is 5.11. The molecule has 0 bridgehead atoms. The Labute approximate surface area is 147 Å². The summed E-state index contributed by atoms with van der Waals surface area (Å²) in [6, 6.07) is 14.3. The number of carbonyl (C=O) groups is 1. The summed E-state index contributed by atoms with van der Waals surface area (Å²) in [6.07, 6.45) is 0. The van der Waals surface area contributed by atoms with E-state index < -0.39 is 25.6 Å². The van der Waals surface area contributed by atoms with Gasteiger partial charge in [-0.2, -0.15) is 8.78 Å². The molecule has 4 nitrogen and oxygen atoms in total. The summed E-state index contributed by atoms with van der Waals surface area (Å²) in [4.78, 5) is 30.2. The van der Waals surface area contributed by atoms with E-state index in [1.54, 1.807) is 0 Å². The Bertz CT molecular complexity index is 896. The number of rotatable bonds is 5. The van der Waals surface area contributed by atoms with Crippen LogP contribution in [-0.4, -0.2) is 15.8 Å². The SMILES string of the molecule is O=C(OCc1ccccc1)c1cc2cc(C(F)(F)P(O)O)ccc2s1. The van der Waals surface area contributed by atoms with Gasteiger partial charge >= 0.3 is 11.6 Å². The molecular formula is C17H13F2O4PS. The van der Waals surface area contributed by atoms with E-state index in [0.717, 1.165) is 29.0 Å². The fraction of sp³-hybridized carbons (Fsp3) is 0.118. The number of hydrogen-bond donors (Lipinski definition) is 2. The van der Waals surface area contributed by atoms with Gasteiger partial charge in [-0.1, -0.05) is 36.4 Å². The minimum atomic E-state index is -3.72. The highest BCUT2D eigenvalue weighted by atomic mass is 32.1. The van der Waals surface area contributed by atoms with Crippen LogP contribution in [0.4, 0.5) is 8.78 Å². The molecule has 0 aliphatic rings. The summed E-state index contributed by atoms with van der Waals surface area (Å²) in [6.45, 7) is 0.122. The fourth-order valence-corrected chi connectivity index (χ4v) is 3.55. The van der Waals surface area contributed by atoms with E-state index in [2.05, 4.69) is 0 Å². The van der Waals surface area contributed by atoms with Gasteiger partial charge in [0, 0.05) is 10.3 Å². The topological polar surface area (TPSA) is 66.8 Å². The van der Waals surface area contributed by atoms with E-state index in [1.807, 2.05) is 30.3 Å². The molecule has 8 heteroatoms. The number of benzene rings is 2. The smallest absolute Gasteiger partial charge is 0.348 e. The molecule has 1 aromatic heterocycles. The summed E-state index contributed by atoms with van der Waals surface area (Å²) >= 11 is 1.13.